The number of sulfonamides is 1. The molecule has 0 radical (unpaired) electrons. The minimum atomic E-state index is -4.08. The molecule has 1 aromatic heterocycles. The zero-order chi connectivity index (χ0) is 20.0. The zero-order valence-corrected chi connectivity index (χ0v) is 16.0. The quantitative estimate of drug-likeness (QED) is 0.750. The van der Waals surface area contributed by atoms with Gasteiger partial charge in [-0.05, 0) is 30.7 Å². The van der Waals surface area contributed by atoms with Crippen LogP contribution in [-0.2, 0) is 21.4 Å². The molecule has 6 nitrogen and oxygen atoms in total. The maximum absolute atomic E-state index is 13.6. The van der Waals surface area contributed by atoms with E-state index in [1.807, 2.05) is 6.92 Å². The third-order valence-corrected chi connectivity index (χ3v) is 5.87. The van der Waals surface area contributed by atoms with Crippen LogP contribution >= 0.6 is 0 Å². The number of hydrogen-bond acceptors (Lipinski definition) is 4. The van der Waals surface area contributed by atoms with Crippen molar-refractivity contribution < 1.29 is 17.6 Å². The number of amides is 1. The highest BCUT2D eigenvalue weighted by molar-refractivity contribution is 7.89. The molecule has 27 heavy (non-hydrogen) atoms. The minimum Gasteiger partial charge on any atom is -0.358 e. The van der Waals surface area contributed by atoms with Crippen molar-refractivity contribution in [3.8, 4) is 0 Å². The summed E-state index contributed by atoms with van der Waals surface area (Å²) in [7, 11) is -2.71. The molecule has 0 aliphatic carbocycles. The van der Waals surface area contributed by atoms with E-state index >= 15 is 0 Å². The van der Waals surface area contributed by atoms with E-state index in [0.29, 0.717) is 5.56 Å². The maximum Gasteiger partial charge on any atom is 0.244 e. The molecule has 0 aliphatic heterocycles. The van der Waals surface area contributed by atoms with Crippen LogP contribution in [0.2, 0.25) is 0 Å². The number of hydrogen-bond donors (Lipinski definition) is 1. The summed E-state index contributed by atoms with van der Waals surface area (Å²) in [6.45, 7) is 4.89. The lowest BCUT2D eigenvalue weighted by Crippen LogP contribution is -2.48. The van der Waals surface area contributed by atoms with E-state index in [1.165, 1.54) is 25.4 Å². The van der Waals surface area contributed by atoms with Crippen molar-refractivity contribution in [1.82, 2.24) is 14.6 Å². The number of aromatic nitrogens is 1. The third-order valence-electron chi connectivity index (χ3n) is 4.00. The van der Waals surface area contributed by atoms with Crippen molar-refractivity contribution in [3.05, 3.63) is 72.3 Å². The van der Waals surface area contributed by atoms with Crippen LogP contribution in [-0.4, -0.2) is 36.7 Å². The van der Waals surface area contributed by atoms with Gasteiger partial charge in [0.25, 0.3) is 0 Å². The molecule has 0 saturated heterocycles. The van der Waals surface area contributed by atoms with E-state index in [-0.39, 0.29) is 11.4 Å². The van der Waals surface area contributed by atoms with Gasteiger partial charge in [0.1, 0.15) is 6.04 Å². The van der Waals surface area contributed by atoms with Gasteiger partial charge in [0.15, 0.2) is 0 Å². The number of benzene rings is 1. The fourth-order valence-electron chi connectivity index (χ4n) is 2.58. The van der Waals surface area contributed by atoms with E-state index in [2.05, 4.69) is 16.9 Å². The molecule has 1 N–H and O–H groups in total. The predicted molar refractivity (Wildman–Crippen MR) is 101 cm³/mol. The largest absolute Gasteiger partial charge is 0.358 e. The Morgan fingerprint density at radius 2 is 1.96 bits per heavy atom. The Hall–Kier alpha value is -2.58. The second-order valence-electron chi connectivity index (χ2n) is 6.08. The summed E-state index contributed by atoms with van der Waals surface area (Å²) >= 11 is 0. The first-order valence-electron chi connectivity index (χ1n) is 8.28. The zero-order valence-electron chi connectivity index (χ0n) is 15.2. The van der Waals surface area contributed by atoms with Gasteiger partial charge in [-0.2, -0.15) is 4.31 Å². The molecule has 1 aromatic carbocycles. The summed E-state index contributed by atoms with van der Waals surface area (Å²) < 4.78 is 41.1. The third kappa shape index (κ3) is 5.21. The van der Waals surface area contributed by atoms with Gasteiger partial charge >= 0.3 is 0 Å². The first-order valence-corrected chi connectivity index (χ1v) is 9.72. The Morgan fingerprint density at radius 3 is 2.48 bits per heavy atom. The second kappa shape index (κ2) is 8.88. The molecule has 0 unspecified atom stereocenters. The Morgan fingerprint density at radius 1 is 1.30 bits per heavy atom. The molecule has 8 heteroatoms. The highest BCUT2D eigenvalue weighted by Crippen LogP contribution is 2.24. The SMILES string of the molecule is C=C(F)C[C@H](C(=O)NC)N(Cc1cccnc1)S(=O)(=O)c1ccc(C)cc1. The monoisotopic (exact) mass is 391 g/mol. The maximum atomic E-state index is 13.6. The van der Waals surface area contributed by atoms with Gasteiger partial charge < -0.3 is 5.32 Å². The van der Waals surface area contributed by atoms with Crippen LogP contribution in [0.1, 0.15) is 17.5 Å². The minimum absolute atomic E-state index is 0.0235. The van der Waals surface area contributed by atoms with E-state index in [9.17, 15) is 17.6 Å². The topological polar surface area (TPSA) is 79.4 Å². The van der Waals surface area contributed by atoms with Crippen LogP contribution in [0.4, 0.5) is 4.39 Å². The number of nitrogens with zero attached hydrogens (tertiary/aromatic N) is 2. The van der Waals surface area contributed by atoms with Gasteiger partial charge in [0.05, 0.1) is 10.7 Å². The van der Waals surface area contributed by atoms with Gasteiger partial charge in [0, 0.05) is 32.4 Å². The second-order valence-corrected chi connectivity index (χ2v) is 7.97. The Balaban J connectivity index is 2.54. The summed E-state index contributed by atoms with van der Waals surface area (Å²) in [5.41, 5.74) is 1.47. The lowest BCUT2D eigenvalue weighted by atomic mass is 10.1. The van der Waals surface area contributed by atoms with Crippen LogP contribution in [0, 0.1) is 6.92 Å². The van der Waals surface area contributed by atoms with Crippen LogP contribution in [0.3, 0.4) is 0 Å². The number of pyridine rings is 1. The van der Waals surface area contributed by atoms with Crippen LogP contribution < -0.4 is 5.32 Å². The van der Waals surface area contributed by atoms with E-state index < -0.39 is 34.2 Å². The van der Waals surface area contributed by atoms with Crippen molar-refractivity contribution >= 4 is 15.9 Å². The van der Waals surface area contributed by atoms with Gasteiger partial charge in [-0.3, -0.25) is 9.78 Å². The average Bonchev–Trinajstić information content (AvgIpc) is 2.64. The van der Waals surface area contributed by atoms with E-state index in [1.54, 1.807) is 30.5 Å². The Labute approximate surface area is 158 Å². The number of carbonyl (C=O) groups is 1. The summed E-state index contributed by atoms with van der Waals surface area (Å²) in [6, 6.07) is 8.33. The highest BCUT2D eigenvalue weighted by atomic mass is 32.2. The van der Waals surface area contributed by atoms with Gasteiger partial charge in [-0.25, -0.2) is 12.8 Å². The molecule has 0 saturated carbocycles. The lowest BCUT2D eigenvalue weighted by molar-refractivity contribution is -0.124. The Kier molecular flexibility index (Phi) is 6.81. The van der Waals surface area contributed by atoms with Gasteiger partial charge in [0.2, 0.25) is 15.9 Å². The average molecular weight is 391 g/mol. The molecule has 0 fully saturated rings. The summed E-state index contributed by atoms with van der Waals surface area (Å²) in [6.07, 6.45) is 2.62. The number of halogens is 1. The smallest absolute Gasteiger partial charge is 0.244 e. The number of nitrogens with one attached hydrogen (secondary N) is 1. The summed E-state index contributed by atoms with van der Waals surface area (Å²) in [5, 5.41) is 2.40. The number of aryl methyl sites for hydroxylation is 1. The molecule has 1 heterocycles. The molecule has 0 spiro atoms. The lowest BCUT2D eigenvalue weighted by Gasteiger charge is -2.29. The summed E-state index contributed by atoms with van der Waals surface area (Å²) in [5.74, 6) is -1.40. The standard InChI is InChI=1S/C19H22FN3O3S/c1-14-6-8-17(9-7-14)27(25,26)23(13-16-5-4-10-22-12-16)18(11-15(2)20)19(24)21-3/h4-10,12,18H,2,11,13H2,1,3H3,(H,21,24)/t18-/m1/s1. The predicted octanol–water partition coefficient (Wildman–Crippen LogP) is 2.57. The number of rotatable bonds is 8. The summed E-state index contributed by atoms with van der Waals surface area (Å²) in [4.78, 5) is 16.4. The van der Waals surface area contributed by atoms with Crippen LogP contribution in [0.15, 0.2) is 66.1 Å². The van der Waals surface area contributed by atoms with Crippen LogP contribution in [0.5, 0.6) is 0 Å². The fraction of sp³-hybridized carbons (Fsp3) is 0.263. The van der Waals surface area contributed by atoms with Crippen molar-refractivity contribution in [2.45, 2.75) is 30.8 Å². The molecular formula is C19H22FN3O3S. The number of carbonyl (C=O) groups excluding carboxylic acids is 1. The fourth-order valence-corrected chi connectivity index (χ4v) is 4.16. The first kappa shape index (κ1) is 20.7. The van der Waals surface area contributed by atoms with E-state index in [4.69, 9.17) is 0 Å². The van der Waals surface area contributed by atoms with Gasteiger partial charge in [-0.1, -0.05) is 30.3 Å². The van der Waals surface area contributed by atoms with Gasteiger partial charge in [-0.15, -0.1) is 0 Å². The molecule has 2 rings (SSSR count). The van der Waals surface area contributed by atoms with Crippen molar-refractivity contribution in [3.63, 3.8) is 0 Å². The molecular weight excluding hydrogens is 369 g/mol. The first-order chi connectivity index (χ1) is 12.8. The molecule has 2 aromatic rings. The van der Waals surface area contributed by atoms with Crippen molar-refractivity contribution in [2.75, 3.05) is 7.05 Å². The Bertz CT molecular complexity index is 900. The normalized spacial score (nSPS) is 12.6. The highest BCUT2D eigenvalue weighted by Gasteiger charge is 2.36. The molecule has 1 amide bonds. The van der Waals surface area contributed by atoms with E-state index in [0.717, 1.165) is 9.87 Å². The van der Waals surface area contributed by atoms with Crippen molar-refractivity contribution in [1.29, 1.82) is 0 Å². The van der Waals surface area contributed by atoms with Crippen LogP contribution in [0.25, 0.3) is 0 Å². The number of likely N-dealkylation sites (N-methyl/N-ethyl adjacent to an activating group) is 1. The molecule has 1 atom stereocenters. The molecule has 144 valence electrons. The molecule has 0 bridgehead atoms. The molecule has 0 aliphatic rings. The van der Waals surface area contributed by atoms with Crippen molar-refractivity contribution in [2.24, 2.45) is 0 Å².